The van der Waals surface area contributed by atoms with Crippen LogP contribution in [0, 0.1) is 6.92 Å². The van der Waals surface area contributed by atoms with Crippen LogP contribution < -0.4 is 4.90 Å². The van der Waals surface area contributed by atoms with Gasteiger partial charge in [0.25, 0.3) is 0 Å². The number of aryl methyl sites for hydroxylation is 1. The number of amides is 2. The molecule has 1 aromatic heterocycles. The molecule has 1 saturated heterocycles. The van der Waals surface area contributed by atoms with E-state index in [4.69, 9.17) is 9.97 Å². The molecular weight excluding hydrogens is 402 g/mol. The van der Waals surface area contributed by atoms with E-state index in [0.29, 0.717) is 25.9 Å². The van der Waals surface area contributed by atoms with Gasteiger partial charge in [0.05, 0.1) is 12.6 Å². The summed E-state index contributed by atoms with van der Waals surface area (Å²) in [6.45, 7) is 3.86. The number of rotatable bonds is 6. The minimum atomic E-state index is 0.00431. The van der Waals surface area contributed by atoms with Crippen LogP contribution in [0.25, 0.3) is 0 Å². The first-order valence-electron chi connectivity index (χ1n) is 11.6. The number of anilines is 1. The van der Waals surface area contributed by atoms with Crippen LogP contribution >= 0.6 is 0 Å². The van der Waals surface area contributed by atoms with E-state index in [2.05, 4.69) is 17.0 Å². The van der Waals surface area contributed by atoms with E-state index >= 15 is 0 Å². The van der Waals surface area contributed by atoms with E-state index in [9.17, 15) is 9.59 Å². The fourth-order valence-electron chi connectivity index (χ4n) is 4.66. The van der Waals surface area contributed by atoms with Crippen LogP contribution in [0.5, 0.6) is 0 Å². The molecule has 0 radical (unpaired) electrons. The normalized spacial score (nSPS) is 19.0. The van der Waals surface area contributed by atoms with Crippen molar-refractivity contribution in [3.63, 3.8) is 0 Å². The Bertz CT molecular complexity index is 976. The maximum Gasteiger partial charge on any atom is 0.236 e. The molecule has 1 aromatic carbocycles. The lowest BCUT2D eigenvalue weighted by Gasteiger charge is -2.36. The lowest BCUT2D eigenvalue weighted by atomic mass is 9.99. The van der Waals surface area contributed by atoms with Crippen LogP contribution in [0.15, 0.2) is 30.3 Å². The van der Waals surface area contributed by atoms with Crippen molar-refractivity contribution in [1.29, 1.82) is 0 Å². The molecule has 3 heterocycles. The first-order chi connectivity index (χ1) is 15.4. The van der Waals surface area contributed by atoms with Gasteiger partial charge in [-0.2, -0.15) is 0 Å². The first kappa shape index (κ1) is 22.4. The van der Waals surface area contributed by atoms with Gasteiger partial charge in [-0.1, -0.05) is 36.8 Å². The Morgan fingerprint density at radius 3 is 2.66 bits per heavy atom. The monoisotopic (exact) mass is 435 g/mol. The minimum Gasteiger partial charge on any atom is -0.348 e. The third-order valence-electron chi connectivity index (χ3n) is 6.57. The van der Waals surface area contributed by atoms with E-state index in [-0.39, 0.29) is 17.9 Å². The van der Waals surface area contributed by atoms with Crippen molar-refractivity contribution in [3.05, 3.63) is 53.0 Å². The third-order valence-corrected chi connectivity index (χ3v) is 6.57. The minimum absolute atomic E-state index is 0.00431. The number of nitrogens with zero attached hydrogens (tertiary/aromatic N) is 5. The molecule has 0 saturated carbocycles. The average Bonchev–Trinajstić information content (AvgIpc) is 2.79. The van der Waals surface area contributed by atoms with Crippen molar-refractivity contribution in [2.45, 2.75) is 51.5 Å². The lowest BCUT2D eigenvalue weighted by Crippen LogP contribution is -2.42. The fourth-order valence-corrected chi connectivity index (χ4v) is 4.66. The van der Waals surface area contributed by atoms with Gasteiger partial charge in [-0.3, -0.25) is 19.4 Å². The van der Waals surface area contributed by atoms with Crippen LogP contribution in [-0.4, -0.2) is 65.3 Å². The highest BCUT2D eigenvalue weighted by Crippen LogP contribution is 2.34. The third kappa shape index (κ3) is 4.83. The van der Waals surface area contributed by atoms with E-state index in [1.165, 1.54) is 5.56 Å². The summed E-state index contributed by atoms with van der Waals surface area (Å²) in [4.78, 5) is 40.8. The van der Waals surface area contributed by atoms with Gasteiger partial charge < -0.3 is 4.90 Å². The predicted molar refractivity (Wildman–Crippen MR) is 124 cm³/mol. The molecular formula is C25H33N5O2. The second kappa shape index (κ2) is 9.77. The Hall–Kier alpha value is -2.80. The number of hydrogen-bond donors (Lipinski definition) is 0. The molecule has 0 N–H and O–H groups in total. The number of fused-ring (bicyclic) bond motifs is 1. The maximum atomic E-state index is 12.9. The maximum absolute atomic E-state index is 12.9. The van der Waals surface area contributed by atoms with Crippen LogP contribution in [0.4, 0.5) is 5.82 Å². The highest BCUT2D eigenvalue weighted by atomic mass is 16.2. The number of benzene rings is 1. The smallest absolute Gasteiger partial charge is 0.236 e. The lowest BCUT2D eigenvalue weighted by molar-refractivity contribution is -0.131. The van der Waals surface area contributed by atoms with Crippen molar-refractivity contribution in [1.82, 2.24) is 19.8 Å². The molecule has 0 unspecified atom stereocenters. The standard InChI is InChI=1S/C25H33N5O2/c1-18-20-12-13-22(31)30(16-14-19-9-5-4-6-10-19)25(20)27-24(26-18)21-11-7-8-15-29(21)17-23(32)28(2)3/h4-6,9-10,21H,7-8,11-17H2,1-3H3/t21-/m1/s1. The molecule has 0 bridgehead atoms. The summed E-state index contributed by atoms with van der Waals surface area (Å²) < 4.78 is 0. The highest BCUT2D eigenvalue weighted by Gasteiger charge is 2.32. The number of piperidine rings is 1. The van der Waals surface area contributed by atoms with Gasteiger partial charge in [-0.25, -0.2) is 9.97 Å². The summed E-state index contributed by atoms with van der Waals surface area (Å²) in [5.74, 6) is 1.73. The van der Waals surface area contributed by atoms with Crippen LogP contribution in [-0.2, 0) is 22.4 Å². The van der Waals surface area contributed by atoms with Crippen molar-refractivity contribution in [2.75, 3.05) is 38.6 Å². The van der Waals surface area contributed by atoms with Gasteiger partial charge in [0.2, 0.25) is 11.8 Å². The van der Waals surface area contributed by atoms with E-state index in [1.807, 2.05) is 30.0 Å². The highest BCUT2D eigenvalue weighted by molar-refractivity contribution is 5.95. The number of carbonyl (C=O) groups excluding carboxylic acids is 2. The summed E-state index contributed by atoms with van der Waals surface area (Å²) >= 11 is 0. The molecule has 170 valence electrons. The molecule has 1 fully saturated rings. The van der Waals surface area contributed by atoms with Crippen molar-refractivity contribution < 1.29 is 9.59 Å². The van der Waals surface area contributed by atoms with Crippen LogP contribution in [0.1, 0.15) is 54.4 Å². The zero-order valence-electron chi connectivity index (χ0n) is 19.4. The second-order valence-corrected chi connectivity index (χ2v) is 9.02. The molecule has 2 aromatic rings. The van der Waals surface area contributed by atoms with Gasteiger partial charge in [-0.05, 0) is 44.7 Å². The van der Waals surface area contributed by atoms with Gasteiger partial charge in [0.15, 0.2) is 0 Å². The van der Waals surface area contributed by atoms with Crippen molar-refractivity contribution in [3.8, 4) is 0 Å². The Morgan fingerprint density at radius 1 is 1.12 bits per heavy atom. The first-order valence-corrected chi connectivity index (χ1v) is 11.6. The Labute approximate surface area is 190 Å². The average molecular weight is 436 g/mol. The fraction of sp³-hybridized carbons (Fsp3) is 0.520. The zero-order valence-corrected chi connectivity index (χ0v) is 19.4. The van der Waals surface area contributed by atoms with Gasteiger partial charge in [-0.15, -0.1) is 0 Å². The van der Waals surface area contributed by atoms with Crippen molar-refractivity contribution >= 4 is 17.6 Å². The molecule has 0 spiro atoms. The van der Waals surface area contributed by atoms with E-state index in [0.717, 1.165) is 55.1 Å². The Morgan fingerprint density at radius 2 is 1.91 bits per heavy atom. The molecule has 0 aliphatic carbocycles. The van der Waals surface area contributed by atoms with Crippen molar-refractivity contribution in [2.24, 2.45) is 0 Å². The predicted octanol–water partition coefficient (Wildman–Crippen LogP) is 2.92. The molecule has 1 atom stereocenters. The molecule has 2 aliphatic heterocycles. The number of likely N-dealkylation sites (N-methyl/N-ethyl adjacent to an activating group) is 1. The Kier molecular flexibility index (Phi) is 6.84. The Balaban J connectivity index is 1.62. The molecule has 32 heavy (non-hydrogen) atoms. The number of likely N-dealkylation sites (tertiary alicyclic amines) is 1. The molecule has 2 amide bonds. The van der Waals surface area contributed by atoms with E-state index < -0.39 is 0 Å². The topological polar surface area (TPSA) is 69.6 Å². The summed E-state index contributed by atoms with van der Waals surface area (Å²) in [6, 6.07) is 10.2. The zero-order chi connectivity index (χ0) is 22.7. The summed E-state index contributed by atoms with van der Waals surface area (Å²) in [7, 11) is 3.58. The quantitative estimate of drug-likeness (QED) is 0.698. The molecule has 4 rings (SSSR count). The van der Waals surface area contributed by atoms with Crippen LogP contribution in [0.3, 0.4) is 0 Å². The largest absolute Gasteiger partial charge is 0.348 e. The summed E-state index contributed by atoms with van der Waals surface area (Å²) in [5.41, 5.74) is 3.24. The van der Waals surface area contributed by atoms with E-state index in [1.54, 1.807) is 19.0 Å². The SMILES string of the molecule is Cc1nc([C@H]2CCCCN2CC(=O)N(C)C)nc2c1CCC(=O)N2CCc1ccccc1. The second-order valence-electron chi connectivity index (χ2n) is 9.02. The number of carbonyl (C=O) groups is 2. The molecule has 2 aliphatic rings. The molecule has 7 nitrogen and oxygen atoms in total. The van der Waals surface area contributed by atoms with Gasteiger partial charge >= 0.3 is 0 Å². The van der Waals surface area contributed by atoms with Crippen LogP contribution in [0.2, 0.25) is 0 Å². The number of hydrogen-bond acceptors (Lipinski definition) is 5. The van der Waals surface area contributed by atoms with Gasteiger partial charge in [0, 0.05) is 38.3 Å². The molecule has 7 heteroatoms. The van der Waals surface area contributed by atoms with Gasteiger partial charge in [0.1, 0.15) is 11.6 Å². The number of aromatic nitrogens is 2. The summed E-state index contributed by atoms with van der Waals surface area (Å²) in [6.07, 6.45) is 5.07. The summed E-state index contributed by atoms with van der Waals surface area (Å²) in [5, 5.41) is 0.